The molecule has 0 amide bonds. The molecule has 0 spiro atoms. The summed E-state index contributed by atoms with van der Waals surface area (Å²) in [5.41, 5.74) is 0.776. The third kappa shape index (κ3) is 3.53. The normalized spacial score (nSPS) is 16.8. The molecule has 1 aromatic carbocycles. The fraction of sp³-hybridized carbons (Fsp3) is 0.571. The van der Waals surface area contributed by atoms with Crippen molar-refractivity contribution in [3.63, 3.8) is 0 Å². The average molecular weight is 286 g/mol. The molecule has 0 aliphatic carbocycles. The van der Waals surface area contributed by atoms with Gasteiger partial charge in [-0.05, 0) is 24.6 Å². The molecule has 1 aliphatic heterocycles. The van der Waals surface area contributed by atoms with E-state index in [1.807, 2.05) is 18.2 Å². The standard InChI is InChI=1S/C14H20ClNO3/c1-2-5-19-13-4-3-11(6-12(13)15)16-7-14(8-17)9-18-10-14/h3-4,6,16-17H,2,5,7-10H2,1H3. The third-order valence-corrected chi connectivity index (χ3v) is 3.51. The second-order valence-electron chi connectivity index (χ2n) is 5.00. The molecule has 0 bridgehead atoms. The predicted molar refractivity (Wildman–Crippen MR) is 76.1 cm³/mol. The monoisotopic (exact) mass is 285 g/mol. The smallest absolute Gasteiger partial charge is 0.138 e. The highest BCUT2D eigenvalue weighted by Gasteiger charge is 2.37. The average Bonchev–Trinajstić information content (AvgIpc) is 2.37. The molecule has 106 valence electrons. The van der Waals surface area contributed by atoms with E-state index in [2.05, 4.69) is 12.2 Å². The topological polar surface area (TPSA) is 50.7 Å². The lowest BCUT2D eigenvalue weighted by Gasteiger charge is -2.40. The summed E-state index contributed by atoms with van der Waals surface area (Å²) in [6, 6.07) is 5.64. The molecule has 0 aromatic heterocycles. The lowest BCUT2D eigenvalue weighted by molar-refractivity contribution is -0.128. The van der Waals surface area contributed by atoms with E-state index in [9.17, 15) is 5.11 Å². The minimum absolute atomic E-state index is 0.130. The quantitative estimate of drug-likeness (QED) is 0.808. The van der Waals surface area contributed by atoms with Gasteiger partial charge in [-0.25, -0.2) is 0 Å². The van der Waals surface area contributed by atoms with Crippen molar-refractivity contribution >= 4 is 17.3 Å². The number of nitrogens with one attached hydrogen (secondary N) is 1. The second-order valence-corrected chi connectivity index (χ2v) is 5.41. The highest BCUT2D eigenvalue weighted by atomic mass is 35.5. The van der Waals surface area contributed by atoms with Crippen molar-refractivity contribution in [3.8, 4) is 5.75 Å². The van der Waals surface area contributed by atoms with Crippen molar-refractivity contribution < 1.29 is 14.6 Å². The molecule has 5 heteroatoms. The molecule has 1 saturated heterocycles. The van der Waals surface area contributed by atoms with E-state index in [1.165, 1.54) is 0 Å². The van der Waals surface area contributed by atoms with E-state index in [0.717, 1.165) is 12.1 Å². The molecule has 2 rings (SSSR count). The largest absolute Gasteiger partial charge is 0.492 e. The van der Waals surface area contributed by atoms with Gasteiger partial charge in [-0.2, -0.15) is 0 Å². The highest BCUT2D eigenvalue weighted by molar-refractivity contribution is 6.32. The summed E-state index contributed by atoms with van der Waals surface area (Å²) in [6.07, 6.45) is 0.954. The summed E-state index contributed by atoms with van der Waals surface area (Å²) in [5.74, 6) is 0.706. The Bertz CT molecular complexity index is 416. The van der Waals surface area contributed by atoms with Gasteiger partial charge in [0, 0.05) is 12.2 Å². The Morgan fingerprint density at radius 2 is 2.26 bits per heavy atom. The zero-order valence-corrected chi connectivity index (χ0v) is 11.9. The minimum atomic E-state index is -0.149. The van der Waals surface area contributed by atoms with E-state index in [4.69, 9.17) is 21.1 Å². The Morgan fingerprint density at radius 1 is 1.47 bits per heavy atom. The Morgan fingerprint density at radius 3 is 2.79 bits per heavy atom. The maximum Gasteiger partial charge on any atom is 0.138 e. The number of hydrogen-bond donors (Lipinski definition) is 2. The third-order valence-electron chi connectivity index (χ3n) is 3.21. The van der Waals surface area contributed by atoms with Gasteiger partial charge >= 0.3 is 0 Å². The van der Waals surface area contributed by atoms with Crippen LogP contribution in [0, 0.1) is 5.41 Å². The zero-order valence-electron chi connectivity index (χ0n) is 11.1. The number of aliphatic hydroxyl groups excluding tert-OH is 1. The molecular formula is C14H20ClNO3. The van der Waals surface area contributed by atoms with Gasteiger partial charge in [0.2, 0.25) is 0 Å². The van der Waals surface area contributed by atoms with Gasteiger partial charge in [0.15, 0.2) is 0 Å². The fourth-order valence-electron chi connectivity index (χ4n) is 1.87. The minimum Gasteiger partial charge on any atom is -0.492 e. The Hall–Kier alpha value is -0.970. The van der Waals surface area contributed by atoms with Crippen LogP contribution in [0.5, 0.6) is 5.75 Å². The molecule has 4 nitrogen and oxygen atoms in total. The van der Waals surface area contributed by atoms with Crippen LogP contribution in [0.4, 0.5) is 5.69 Å². The summed E-state index contributed by atoms with van der Waals surface area (Å²) in [6.45, 7) is 4.72. The van der Waals surface area contributed by atoms with Crippen LogP contribution in [0.25, 0.3) is 0 Å². The molecule has 1 fully saturated rings. The number of ether oxygens (including phenoxy) is 2. The molecule has 1 aliphatic rings. The van der Waals surface area contributed by atoms with Gasteiger partial charge in [-0.15, -0.1) is 0 Å². The van der Waals surface area contributed by atoms with Gasteiger partial charge in [-0.1, -0.05) is 18.5 Å². The van der Waals surface area contributed by atoms with Crippen molar-refractivity contribution in [2.45, 2.75) is 13.3 Å². The number of halogens is 1. The van der Waals surface area contributed by atoms with Crippen molar-refractivity contribution in [2.24, 2.45) is 5.41 Å². The van der Waals surface area contributed by atoms with Gasteiger partial charge in [-0.3, -0.25) is 0 Å². The maximum atomic E-state index is 9.34. The molecule has 0 atom stereocenters. The molecule has 0 saturated carbocycles. The van der Waals surface area contributed by atoms with Crippen LogP contribution in [0.3, 0.4) is 0 Å². The second kappa shape index (κ2) is 6.46. The predicted octanol–water partition coefficient (Wildman–Crippen LogP) is 2.55. The van der Waals surface area contributed by atoms with Crippen molar-refractivity contribution in [1.29, 1.82) is 0 Å². The first-order valence-corrected chi connectivity index (χ1v) is 6.92. The van der Waals surface area contributed by atoms with E-state index in [0.29, 0.717) is 37.1 Å². The lowest BCUT2D eigenvalue weighted by atomic mass is 9.87. The van der Waals surface area contributed by atoms with E-state index < -0.39 is 0 Å². The first-order valence-electron chi connectivity index (χ1n) is 6.54. The molecule has 19 heavy (non-hydrogen) atoms. The van der Waals surface area contributed by atoms with Crippen LogP contribution in [0.15, 0.2) is 18.2 Å². The Balaban J connectivity index is 1.92. The highest BCUT2D eigenvalue weighted by Crippen LogP contribution is 2.30. The molecule has 0 radical (unpaired) electrons. The fourth-order valence-corrected chi connectivity index (χ4v) is 2.10. The van der Waals surface area contributed by atoms with Crippen molar-refractivity contribution in [3.05, 3.63) is 23.2 Å². The molecule has 2 N–H and O–H groups in total. The number of anilines is 1. The van der Waals surface area contributed by atoms with Gasteiger partial charge < -0.3 is 19.9 Å². The number of hydrogen-bond acceptors (Lipinski definition) is 4. The molecular weight excluding hydrogens is 266 g/mol. The van der Waals surface area contributed by atoms with Gasteiger partial charge in [0.1, 0.15) is 5.75 Å². The first kappa shape index (κ1) is 14.4. The first-order chi connectivity index (χ1) is 9.19. The van der Waals surface area contributed by atoms with Crippen molar-refractivity contribution in [2.75, 3.05) is 38.3 Å². The van der Waals surface area contributed by atoms with Crippen LogP contribution in [-0.2, 0) is 4.74 Å². The SMILES string of the molecule is CCCOc1ccc(NCC2(CO)COC2)cc1Cl. The van der Waals surface area contributed by atoms with Crippen LogP contribution in [0.1, 0.15) is 13.3 Å². The van der Waals surface area contributed by atoms with E-state index in [-0.39, 0.29) is 12.0 Å². The van der Waals surface area contributed by atoms with Crippen molar-refractivity contribution in [1.82, 2.24) is 0 Å². The van der Waals surface area contributed by atoms with Crippen LogP contribution >= 0.6 is 11.6 Å². The maximum absolute atomic E-state index is 9.34. The Kier molecular flexibility index (Phi) is 4.91. The molecule has 1 heterocycles. The Labute approximate surface area is 118 Å². The molecule has 0 unspecified atom stereocenters. The van der Waals surface area contributed by atoms with E-state index in [1.54, 1.807) is 0 Å². The molecule has 1 aromatic rings. The van der Waals surface area contributed by atoms with Gasteiger partial charge in [0.25, 0.3) is 0 Å². The number of benzene rings is 1. The summed E-state index contributed by atoms with van der Waals surface area (Å²) in [7, 11) is 0. The number of aliphatic hydroxyl groups is 1. The summed E-state index contributed by atoms with van der Waals surface area (Å²) < 4.78 is 10.7. The van der Waals surface area contributed by atoms with Crippen LogP contribution in [-0.4, -0.2) is 38.1 Å². The summed E-state index contributed by atoms with van der Waals surface area (Å²) >= 11 is 6.16. The lowest BCUT2D eigenvalue weighted by Crippen LogP contribution is -2.50. The zero-order chi connectivity index (χ0) is 13.7. The van der Waals surface area contributed by atoms with E-state index >= 15 is 0 Å². The summed E-state index contributed by atoms with van der Waals surface area (Å²) in [4.78, 5) is 0. The van der Waals surface area contributed by atoms with Crippen LogP contribution < -0.4 is 10.1 Å². The number of rotatable bonds is 7. The van der Waals surface area contributed by atoms with Gasteiger partial charge in [0.05, 0.1) is 36.9 Å². The summed E-state index contributed by atoms with van der Waals surface area (Å²) in [5, 5.41) is 13.2. The van der Waals surface area contributed by atoms with Crippen LogP contribution in [0.2, 0.25) is 5.02 Å².